The van der Waals surface area contributed by atoms with Crippen molar-refractivity contribution in [3.8, 4) is 0 Å². The van der Waals surface area contributed by atoms with E-state index >= 15 is 0 Å². The average molecular weight is 234 g/mol. The highest BCUT2D eigenvalue weighted by molar-refractivity contribution is 5.98. The van der Waals surface area contributed by atoms with Crippen LogP contribution in [0.25, 0.3) is 0 Å². The van der Waals surface area contributed by atoms with Gasteiger partial charge in [-0.25, -0.2) is 4.79 Å². The molecule has 5 nitrogen and oxygen atoms in total. The molecule has 3 N–H and O–H groups in total. The van der Waals surface area contributed by atoms with Crippen molar-refractivity contribution in [1.29, 1.82) is 0 Å². The number of hydrogen-bond donors (Lipinski definition) is 2. The van der Waals surface area contributed by atoms with Gasteiger partial charge in [-0.2, -0.15) is 0 Å². The van der Waals surface area contributed by atoms with Gasteiger partial charge in [0.15, 0.2) is 0 Å². The summed E-state index contributed by atoms with van der Waals surface area (Å²) in [6.07, 6.45) is 0.316. The number of hydrogen-bond acceptors (Lipinski definition) is 3. The number of carboxylic acid groups (broad SMARTS) is 1. The molecule has 0 aliphatic carbocycles. The summed E-state index contributed by atoms with van der Waals surface area (Å²) in [5, 5.41) is 8.97. The molecule has 5 heteroatoms. The second kappa shape index (κ2) is 4.18. The van der Waals surface area contributed by atoms with E-state index in [0.29, 0.717) is 18.7 Å². The summed E-state index contributed by atoms with van der Waals surface area (Å²) in [5.74, 6) is -1.05. The lowest BCUT2D eigenvalue weighted by molar-refractivity contribution is -0.117. The van der Waals surface area contributed by atoms with Crippen LogP contribution in [0.5, 0.6) is 0 Å². The molecule has 1 aliphatic rings. The number of nitrogens with two attached hydrogens (primary N) is 1. The van der Waals surface area contributed by atoms with Crippen molar-refractivity contribution in [3.05, 3.63) is 29.3 Å². The maximum atomic E-state index is 11.7. The smallest absolute Gasteiger partial charge is 0.335 e. The van der Waals surface area contributed by atoms with Crippen molar-refractivity contribution in [3.63, 3.8) is 0 Å². The highest BCUT2D eigenvalue weighted by Crippen LogP contribution is 2.23. The van der Waals surface area contributed by atoms with Crippen molar-refractivity contribution in [1.82, 2.24) is 0 Å². The summed E-state index contributed by atoms with van der Waals surface area (Å²) in [6, 6.07) is 4.70. The molecular formula is C12H14N2O3. The van der Waals surface area contributed by atoms with E-state index in [1.807, 2.05) is 0 Å². The molecule has 0 radical (unpaired) electrons. The minimum absolute atomic E-state index is 0.0561. The van der Waals surface area contributed by atoms with Gasteiger partial charge in [-0.3, -0.25) is 4.79 Å². The number of aromatic carboxylic acids is 1. The molecular weight excluding hydrogens is 220 g/mol. The Kier molecular flexibility index (Phi) is 2.85. The number of carboxylic acids is 1. The third kappa shape index (κ3) is 2.29. The van der Waals surface area contributed by atoms with Crippen molar-refractivity contribution in [2.75, 3.05) is 11.4 Å². The number of amides is 1. The fourth-order valence-corrected chi connectivity index (χ4v) is 2.03. The molecule has 0 saturated carbocycles. The molecule has 1 amide bonds. The maximum Gasteiger partial charge on any atom is 0.335 e. The van der Waals surface area contributed by atoms with Crippen molar-refractivity contribution in [2.45, 2.75) is 19.4 Å². The number of nitrogens with zero attached hydrogens (tertiary/aromatic N) is 1. The zero-order chi connectivity index (χ0) is 12.6. The van der Waals surface area contributed by atoms with Crippen LogP contribution in [0.2, 0.25) is 0 Å². The van der Waals surface area contributed by atoms with E-state index in [1.165, 1.54) is 6.07 Å². The van der Waals surface area contributed by atoms with Gasteiger partial charge in [-0.05, 0) is 30.7 Å². The first-order valence-corrected chi connectivity index (χ1v) is 5.38. The van der Waals surface area contributed by atoms with E-state index in [2.05, 4.69) is 0 Å². The van der Waals surface area contributed by atoms with Crippen LogP contribution >= 0.6 is 0 Å². The van der Waals surface area contributed by atoms with E-state index in [4.69, 9.17) is 10.8 Å². The number of benzene rings is 1. The first kappa shape index (κ1) is 11.6. The number of carbonyl (C=O) groups excluding carboxylic acids is 1. The van der Waals surface area contributed by atoms with Crippen LogP contribution in [-0.2, 0) is 4.79 Å². The number of carbonyl (C=O) groups is 2. The summed E-state index contributed by atoms with van der Waals surface area (Å²) in [6.45, 7) is 2.25. The van der Waals surface area contributed by atoms with Crippen LogP contribution in [0, 0.1) is 6.92 Å². The lowest BCUT2D eigenvalue weighted by Gasteiger charge is -2.17. The zero-order valence-corrected chi connectivity index (χ0v) is 9.51. The highest BCUT2D eigenvalue weighted by Gasteiger charge is 2.28. The van der Waals surface area contributed by atoms with Crippen LogP contribution in [0.4, 0.5) is 5.69 Å². The van der Waals surface area contributed by atoms with E-state index in [-0.39, 0.29) is 17.5 Å². The molecule has 1 heterocycles. The Labute approximate surface area is 98.8 Å². The van der Waals surface area contributed by atoms with Crippen LogP contribution in [0.15, 0.2) is 18.2 Å². The van der Waals surface area contributed by atoms with Crippen LogP contribution in [0.3, 0.4) is 0 Å². The van der Waals surface area contributed by atoms with Gasteiger partial charge in [0.25, 0.3) is 0 Å². The average Bonchev–Trinajstić information content (AvgIpc) is 2.57. The van der Waals surface area contributed by atoms with E-state index in [0.717, 1.165) is 5.56 Å². The molecule has 17 heavy (non-hydrogen) atoms. The normalized spacial score (nSPS) is 19.8. The van der Waals surface area contributed by atoms with E-state index < -0.39 is 5.97 Å². The van der Waals surface area contributed by atoms with E-state index in [1.54, 1.807) is 24.0 Å². The minimum atomic E-state index is -0.995. The fourth-order valence-electron chi connectivity index (χ4n) is 2.03. The number of aryl methyl sites for hydroxylation is 1. The molecule has 1 fully saturated rings. The molecule has 90 valence electrons. The standard InChI is InChI=1S/C12H14N2O3/c1-7-2-8(12(16)17)4-10(3-7)14-6-9(13)5-11(14)15/h2-4,9H,5-6,13H2,1H3,(H,16,17). The SMILES string of the molecule is Cc1cc(C(=O)O)cc(N2CC(N)CC2=O)c1. The van der Waals surface area contributed by atoms with Gasteiger partial charge in [0.1, 0.15) is 0 Å². The Morgan fingerprint density at radius 3 is 2.71 bits per heavy atom. The van der Waals surface area contributed by atoms with Gasteiger partial charge in [0.2, 0.25) is 5.91 Å². The Balaban J connectivity index is 2.39. The van der Waals surface area contributed by atoms with Gasteiger partial charge in [-0.15, -0.1) is 0 Å². The number of rotatable bonds is 2. The quantitative estimate of drug-likeness (QED) is 0.791. The summed E-state index contributed by atoms with van der Waals surface area (Å²) < 4.78 is 0. The van der Waals surface area contributed by atoms with E-state index in [9.17, 15) is 9.59 Å². The zero-order valence-electron chi connectivity index (χ0n) is 9.51. The molecule has 0 bridgehead atoms. The summed E-state index contributed by atoms with van der Waals surface area (Å²) in [4.78, 5) is 24.2. The largest absolute Gasteiger partial charge is 0.478 e. The lowest BCUT2D eigenvalue weighted by Crippen LogP contribution is -2.28. The molecule has 0 aromatic heterocycles. The topological polar surface area (TPSA) is 83.6 Å². The van der Waals surface area contributed by atoms with Crippen molar-refractivity contribution >= 4 is 17.6 Å². The van der Waals surface area contributed by atoms with Crippen molar-refractivity contribution in [2.24, 2.45) is 5.73 Å². The predicted molar refractivity (Wildman–Crippen MR) is 63.1 cm³/mol. The van der Waals surface area contributed by atoms with Gasteiger partial charge in [0, 0.05) is 24.7 Å². The molecule has 1 unspecified atom stereocenters. The molecule has 1 aromatic rings. The van der Waals surface area contributed by atoms with Crippen molar-refractivity contribution < 1.29 is 14.7 Å². The third-order valence-electron chi connectivity index (χ3n) is 2.78. The molecule has 1 aliphatic heterocycles. The van der Waals surface area contributed by atoms with Gasteiger partial charge in [-0.1, -0.05) is 0 Å². The molecule has 0 spiro atoms. The van der Waals surface area contributed by atoms with Crippen LogP contribution in [0.1, 0.15) is 22.3 Å². The van der Waals surface area contributed by atoms with Gasteiger partial charge < -0.3 is 15.7 Å². The summed E-state index contributed by atoms with van der Waals surface area (Å²) in [7, 11) is 0. The second-order valence-corrected chi connectivity index (χ2v) is 4.33. The molecule has 1 atom stereocenters. The summed E-state index contributed by atoms with van der Waals surface area (Å²) >= 11 is 0. The van der Waals surface area contributed by atoms with Crippen LogP contribution < -0.4 is 10.6 Å². The Morgan fingerprint density at radius 1 is 1.47 bits per heavy atom. The first-order chi connectivity index (χ1) is 7.97. The van der Waals surface area contributed by atoms with Crippen LogP contribution in [-0.4, -0.2) is 29.6 Å². The first-order valence-electron chi connectivity index (χ1n) is 5.38. The second-order valence-electron chi connectivity index (χ2n) is 4.33. The predicted octanol–water partition coefficient (Wildman–Crippen LogP) is 0.757. The fraction of sp³-hybridized carbons (Fsp3) is 0.333. The molecule has 1 aromatic carbocycles. The Morgan fingerprint density at radius 2 is 2.18 bits per heavy atom. The third-order valence-corrected chi connectivity index (χ3v) is 2.78. The number of anilines is 1. The van der Waals surface area contributed by atoms with Gasteiger partial charge >= 0.3 is 5.97 Å². The van der Waals surface area contributed by atoms with Gasteiger partial charge in [0.05, 0.1) is 5.56 Å². The Hall–Kier alpha value is -1.88. The summed E-state index contributed by atoms with van der Waals surface area (Å²) in [5.41, 5.74) is 7.32. The monoisotopic (exact) mass is 234 g/mol. The molecule has 2 rings (SSSR count). The molecule has 1 saturated heterocycles. The maximum absolute atomic E-state index is 11.7. The minimum Gasteiger partial charge on any atom is -0.478 e. The lowest BCUT2D eigenvalue weighted by atomic mass is 10.1. The Bertz CT molecular complexity index is 485. The highest BCUT2D eigenvalue weighted by atomic mass is 16.4.